The van der Waals surface area contributed by atoms with E-state index >= 15 is 0 Å². The normalized spacial score (nSPS) is 15.0. The van der Waals surface area contributed by atoms with Crippen molar-refractivity contribution < 1.29 is 13.2 Å². The fraction of sp³-hybridized carbons (Fsp3) is 1.00. The number of alkyl halides is 3. The molecule has 0 aliphatic carbocycles. The Morgan fingerprint density at radius 3 is 1.64 bits per heavy atom. The third-order valence-corrected chi connectivity index (χ3v) is 6.31. The summed E-state index contributed by atoms with van der Waals surface area (Å²) in [5, 5.41) is -1.20. The minimum atomic E-state index is -4.08. The Kier molecular flexibility index (Phi) is 14.2. The molecule has 0 aliphatic heterocycles. The summed E-state index contributed by atoms with van der Waals surface area (Å²) in [6.45, 7) is 4.29. The average molecular weight is 359 g/mol. The van der Waals surface area contributed by atoms with Gasteiger partial charge in [-0.3, -0.25) is 0 Å². The molecule has 1 unspecified atom stereocenters. The molecule has 0 nitrogen and oxygen atoms in total. The lowest BCUT2D eigenvalue weighted by Crippen LogP contribution is -2.33. The fourth-order valence-electron chi connectivity index (χ4n) is 2.79. The Morgan fingerprint density at radius 1 is 0.773 bits per heavy atom. The van der Waals surface area contributed by atoms with Crippen molar-refractivity contribution in [3.05, 3.63) is 0 Å². The van der Waals surface area contributed by atoms with Crippen LogP contribution in [0.1, 0.15) is 84.5 Å². The van der Waals surface area contributed by atoms with Crippen LogP contribution in [0.15, 0.2) is 0 Å². The fourth-order valence-corrected chi connectivity index (χ4v) is 4.96. The Balaban J connectivity index is 4.45. The van der Waals surface area contributed by atoms with Crippen LogP contribution in [0, 0.1) is 5.92 Å². The first-order chi connectivity index (χ1) is 10.5. The van der Waals surface area contributed by atoms with Gasteiger partial charge in [0.1, 0.15) is 5.25 Å². The zero-order chi connectivity index (χ0) is 16.8. The standard InChI is InChI=1S/C17H33F3S2/c1-4-6-8-10-12-14-15(13-11-9-7-5-2)16(22-21-3)17(18,19)20/h15-16H,4-14H2,1-3H3/t15?,16-/m0/s1. The molecule has 0 aromatic carbocycles. The SMILES string of the molecule is CCCCCCCC(CCCCCC)[C@H](SSC)C(F)(F)F. The van der Waals surface area contributed by atoms with Gasteiger partial charge in [-0.05, 0) is 25.0 Å². The van der Waals surface area contributed by atoms with E-state index in [1.807, 2.05) is 0 Å². The number of unbranched alkanes of at least 4 members (excludes halogenated alkanes) is 7. The maximum atomic E-state index is 13.3. The molecule has 0 aliphatic rings. The molecule has 0 rings (SSSR count). The van der Waals surface area contributed by atoms with Crippen molar-refractivity contribution in [2.75, 3.05) is 6.26 Å². The largest absolute Gasteiger partial charge is 0.401 e. The molecule has 0 fully saturated rings. The van der Waals surface area contributed by atoms with Gasteiger partial charge in [-0.2, -0.15) is 13.2 Å². The van der Waals surface area contributed by atoms with Crippen LogP contribution < -0.4 is 0 Å². The summed E-state index contributed by atoms with van der Waals surface area (Å²) in [6.07, 6.45) is 8.95. The van der Waals surface area contributed by atoms with E-state index in [9.17, 15) is 13.2 Å². The van der Waals surface area contributed by atoms with Crippen molar-refractivity contribution in [3.8, 4) is 0 Å². The highest BCUT2D eigenvalue weighted by molar-refractivity contribution is 8.76. The van der Waals surface area contributed by atoms with Crippen LogP contribution >= 0.6 is 21.6 Å². The molecule has 0 radical (unpaired) electrons. The molecule has 0 saturated heterocycles. The van der Waals surface area contributed by atoms with Crippen molar-refractivity contribution >= 4 is 21.6 Å². The highest BCUT2D eigenvalue weighted by Crippen LogP contribution is 2.43. The number of hydrogen-bond donors (Lipinski definition) is 0. The van der Waals surface area contributed by atoms with Gasteiger partial charge in [-0.1, -0.05) is 93.2 Å². The summed E-state index contributed by atoms with van der Waals surface area (Å²) >= 11 is 0. The Labute approximate surface area is 143 Å². The second kappa shape index (κ2) is 13.9. The highest BCUT2D eigenvalue weighted by atomic mass is 33.1. The molecule has 0 aromatic heterocycles. The summed E-state index contributed by atoms with van der Waals surface area (Å²) in [6, 6.07) is 0. The molecule has 2 atom stereocenters. The molecule has 22 heavy (non-hydrogen) atoms. The zero-order valence-corrected chi connectivity index (χ0v) is 16.0. The molecule has 0 heterocycles. The van der Waals surface area contributed by atoms with E-state index in [-0.39, 0.29) is 5.92 Å². The minimum absolute atomic E-state index is 0.212. The van der Waals surface area contributed by atoms with Gasteiger partial charge >= 0.3 is 6.18 Å². The Hall–Kier alpha value is 0.490. The van der Waals surface area contributed by atoms with E-state index in [4.69, 9.17) is 0 Å². The minimum Gasteiger partial charge on any atom is -0.170 e. The lowest BCUT2D eigenvalue weighted by atomic mass is 9.91. The van der Waals surface area contributed by atoms with Gasteiger partial charge in [0, 0.05) is 0 Å². The molecule has 0 amide bonds. The van der Waals surface area contributed by atoms with Crippen molar-refractivity contribution in [2.45, 2.75) is 95.9 Å². The first-order valence-electron chi connectivity index (χ1n) is 8.73. The first kappa shape index (κ1) is 22.5. The highest BCUT2D eigenvalue weighted by Gasteiger charge is 2.44. The summed E-state index contributed by atoms with van der Waals surface area (Å²) in [7, 11) is 2.27. The third-order valence-electron chi connectivity index (χ3n) is 4.06. The van der Waals surface area contributed by atoms with Gasteiger partial charge in [0.25, 0.3) is 0 Å². The van der Waals surface area contributed by atoms with Crippen LogP contribution in [0.5, 0.6) is 0 Å². The van der Waals surface area contributed by atoms with Crippen LogP contribution in [0.2, 0.25) is 0 Å². The first-order valence-corrected chi connectivity index (χ1v) is 11.4. The second-order valence-corrected chi connectivity index (χ2v) is 8.65. The lowest BCUT2D eigenvalue weighted by Gasteiger charge is -2.28. The maximum absolute atomic E-state index is 13.3. The van der Waals surface area contributed by atoms with E-state index in [0.717, 1.165) is 68.6 Å². The summed E-state index contributed by atoms with van der Waals surface area (Å²) in [5.74, 6) is -0.212. The van der Waals surface area contributed by atoms with Gasteiger partial charge in [0.05, 0.1) is 0 Å². The molecule has 0 N–H and O–H groups in total. The predicted molar refractivity (Wildman–Crippen MR) is 96.6 cm³/mol. The lowest BCUT2D eigenvalue weighted by molar-refractivity contribution is -0.138. The van der Waals surface area contributed by atoms with Crippen molar-refractivity contribution in [3.63, 3.8) is 0 Å². The smallest absolute Gasteiger partial charge is 0.170 e. The van der Waals surface area contributed by atoms with Crippen molar-refractivity contribution in [1.82, 2.24) is 0 Å². The van der Waals surface area contributed by atoms with Gasteiger partial charge in [0.2, 0.25) is 0 Å². The van der Waals surface area contributed by atoms with E-state index in [0.29, 0.717) is 0 Å². The van der Waals surface area contributed by atoms with E-state index in [1.165, 1.54) is 23.6 Å². The third kappa shape index (κ3) is 11.1. The van der Waals surface area contributed by atoms with E-state index in [1.54, 1.807) is 6.26 Å². The van der Waals surface area contributed by atoms with Gasteiger partial charge < -0.3 is 0 Å². The monoisotopic (exact) mass is 358 g/mol. The predicted octanol–water partition coefficient (Wildman–Crippen LogP) is 7.88. The Morgan fingerprint density at radius 2 is 1.23 bits per heavy atom. The van der Waals surface area contributed by atoms with Crippen LogP contribution in [0.3, 0.4) is 0 Å². The topological polar surface area (TPSA) is 0 Å². The molecule has 0 aromatic rings. The van der Waals surface area contributed by atoms with E-state index in [2.05, 4.69) is 13.8 Å². The van der Waals surface area contributed by atoms with Gasteiger partial charge in [-0.15, -0.1) is 0 Å². The van der Waals surface area contributed by atoms with Crippen molar-refractivity contribution in [2.24, 2.45) is 5.92 Å². The number of halogens is 3. The summed E-state index contributed by atoms with van der Waals surface area (Å²) in [4.78, 5) is 0. The molecular weight excluding hydrogens is 325 g/mol. The van der Waals surface area contributed by atoms with Crippen LogP contribution in [0.4, 0.5) is 13.2 Å². The molecule has 5 heteroatoms. The Bertz CT molecular complexity index is 245. The average Bonchev–Trinajstić information content (AvgIpc) is 2.46. The zero-order valence-electron chi connectivity index (χ0n) is 14.4. The number of hydrogen-bond acceptors (Lipinski definition) is 2. The van der Waals surface area contributed by atoms with E-state index < -0.39 is 11.4 Å². The molecular formula is C17H33F3S2. The van der Waals surface area contributed by atoms with Gasteiger partial charge in [0.15, 0.2) is 0 Å². The number of rotatable bonds is 14. The summed E-state index contributed by atoms with van der Waals surface area (Å²) in [5.41, 5.74) is 0. The van der Waals surface area contributed by atoms with Gasteiger partial charge in [-0.25, -0.2) is 0 Å². The van der Waals surface area contributed by atoms with Crippen LogP contribution in [0.25, 0.3) is 0 Å². The molecule has 0 saturated carbocycles. The summed E-state index contributed by atoms with van der Waals surface area (Å²) < 4.78 is 40.0. The van der Waals surface area contributed by atoms with Crippen LogP contribution in [-0.2, 0) is 0 Å². The molecule has 0 bridgehead atoms. The quantitative estimate of drug-likeness (QED) is 0.229. The second-order valence-electron chi connectivity index (χ2n) is 6.04. The van der Waals surface area contributed by atoms with Crippen LogP contribution in [-0.4, -0.2) is 17.7 Å². The van der Waals surface area contributed by atoms with Crippen molar-refractivity contribution in [1.29, 1.82) is 0 Å². The molecule has 0 spiro atoms. The molecule has 134 valence electrons. The maximum Gasteiger partial charge on any atom is 0.401 e.